The maximum absolute atomic E-state index is 12.3. The van der Waals surface area contributed by atoms with Crippen LogP contribution in [0.1, 0.15) is 15.2 Å². The van der Waals surface area contributed by atoms with E-state index >= 15 is 0 Å². The first kappa shape index (κ1) is 17.7. The van der Waals surface area contributed by atoms with E-state index in [0.717, 1.165) is 22.2 Å². The Morgan fingerprint density at radius 3 is 2.84 bits per heavy atom. The van der Waals surface area contributed by atoms with Gasteiger partial charge in [0.2, 0.25) is 0 Å². The Morgan fingerprint density at radius 2 is 2.16 bits per heavy atom. The molecule has 1 N–H and O–H groups in total. The molecule has 6 nitrogen and oxygen atoms in total. The molecule has 0 aliphatic carbocycles. The van der Waals surface area contributed by atoms with Crippen LogP contribution >= 0.6 is 34.7 Å². The number of amides is 3. The molecule has 0 saturated carbocycles. The van der Waals surface area contributed by atoms with E-state index in [1.54, 1.807) is 42.7 Å². The van der Waals surface area contributed by atoms with Gasteiger partial charge in [-0.05, 0) is 41.6 Å². The van der Waals surface area contributed by atoms with Crippen LogP contribution in [0, 0.1) is 0 Å². The number of carbonyl (C=O) groups is 3. The quantitative estimate of drug-likeness (QED) is 0.788. The van der Waals surface area contributed by atoms with Crippen LogP contribution in [0.2, 0.25) is 4.34 Å². The number of aromatic nitrogens is 1. The van der Waals surface area contributed by atoms with Crippen molar-refractivity contribution in [2.75, 3.05) is 13.1 Å². The highest BCUT2D eigenvalue weighted by molar-refractivity contribution is 8.18. The van der Waals surface area contributed by atoms with E-state index < -0.39 is 0 Å². The van der Waals surface area contributed by atoms with E-state index in [1.807, 2.05) is 0 Å². The summed E-state index contributed by atoms with van der Waals surface area (Å²) in [5.74, 6) is -0.651. The Hall–Kier alpha value is -2.16. The molecular formula is C16H12ClN3O3S2. The van der Waals surface area contributed by atoms with Gasteiger partial charge in [0.1, 0.15) is 0 Å². The second kappa shape index (κ2) is 7.81. The van der Waals surface area contributed by atoms with E-state index in [4.69, 9.17) is 11.6 Å². The van der Waals surface area contributed by atoms with Crippen molar-refractivity contribution >= 4 is 57.8 Å². The molecule has 1 saturated heterocycles. The average Bonchev–Trinajstić information content (AvgIpc) is 3.14. The smallest absolute Gasteiger partial charge is 0.293 e. The van der Waals surface area contributed by atoms with E-state index in [2.05, 4.69) is 10.3 Å². The zero-order valence-corrected chi connectivity index (χ0v) is 15.2. The molecule has 0 aromatic carbocycles. The van der Waals surface area contributed by atoms with Crippen molar-refractivity contribution in [3.63, 3.8) is 0 Å². The van der Waals surface area contributed by atoms with Crippen molar-refractivity contribution < 1.29 is 14.4 Å². The minimum atomic E-state index is -0.368. The normalized spacial score (nSPS) is 15.9. The van der Waals surface area contributed by atoms with Gasteiger partial charge in [-0.25, -0.2) is 0 Å². The monoisotopic (exact) mass is 393 g/mol. The van der Waals surface area contributed by atoms with Crippen LogP contribution in [0.25, 0.3) is 6.08 Å². The van der Waals surface area contributed by atoms with Gasteiger partial charge >= 0.3 is 0 Å². The van der Waals surface area contributed by atoms with E-state index in [1.165, 1.54) is 11.3 Å². The highest BCUT2D eigenvalue weighted by Gasteiger charge is 2.34. The molecule has 2 aromatic heterocycles. The number of hydrogen-bond donors (Lipinski definition) is 1. The van der Waals surface area contributed by atoms with Crippen molar-refractivity contribution in [3.8, 4) is 0 Å². The van der Waals surface area contributed by atoms with Crippen molar-refractivity contribution in [2.45, 2.75) is 0 Å². The third-order valence-corrected chi connectivity index (χ3v) is 5.41. The van der Waals surface area contributed by atoms with E-state index in [-0.39, 0.29) is 30.1 Å². The summed E-state index contributed by atoms with van der Waals surface area (Å²) >= 11 is 7.84. The van der Waals surface area contributed by atoms with Gasteiger partial charge in [0.25, 0.3) is 17.1 Å². The number of thioether (sulfide) groups is 1. The number of rotatable bonds is 5. The highest BCUT2D eigenvalue weighted by Crippen LogP contribution is 2.31. The molecule has 0 radical (unpaired) electrons. The van der Waals surface area contributed by atoms with E-state index in [0.29, 0.717) is 14.1 Å². The summed E-state index contributed by atoms with van der Waals surface area (Å²) in [7, 11) is 0. The Morgan fingerprint density at radius 1 is 1.32 bits per heavy atom. The van der Waals surface area contributed by atoms with Crippen LogP contribution < -0.4 is 5.32 Å². The first-order valence-electron chi connectivity index (χ1n) is 7.23. The predicted molar refractivity (Wildman–Crippen MR) is 98.6 cm³/mol. The van der Waals surface area contributed by atoms with Gasteiger partial charge in [-0.3, -0.25) is 24.3 Å². The Labute approximate surface area is 156 Å². The molecule has 9 heteroatoms. The fourth-order valence-electron chi connectivity index (χ4n) is 2.11. The number of nitrogens with one attached hydrogen (secondary N) is 1. The predicted octanol–water partition coefficient (Wildman–Crippen LogP) is 3.26. The number of thiophene rings is 1. The molecule has 3 rings (SSSR count). The van der Waals surface area contributed by atoms with Gasteiger partial charge in [0.05, 0.1) is 14.1 Å². The number of nitrogens with zero attached hydrogens (tertiary/aromatic N) is 2. The van der Waals surface area contributed by atoms with Crippen molar-refractivity contribution in [1.82, 2.24) is 15.2 Å². The van der Waals surface area contributed by atoms with Gasteiger partial charge in [0, 0.05) is 25.5 Å². The molecule has 25 heavy (non-hydrogen) atoms. The van der Waals surface area contributed by atoms with Gasteiger partial charge in [0.15, 0.2) is 0 Å². The summed E-state index contributed by atoms with van der Waals surface area (Å²) < 4.78 is 0.525. The second-order valence-corrected chi connectivity index (χ2v) is 7.69. The maximum Gasteiger partial charge on any atom is 0.293 e. The lowest BCUT2D eigenvalue weighted by atomic mass is 10.2. The summed E-state index contributed by atoms with van der Waals surface area (Å²) in [6.45, 7) is 0.284. The molecule has 0 atom stereocenters. The van der Waals surface area contributed by atoms with Crippen molar-refractivity contribution in [2.24, 2.45) is 0 Å². The molecule has 1 aliphatic heterocycles. The first-order valence-corrected chi connectivity index (χ1v) is 9.24. The van der Waals surface area contributed by atoms with Gasteiger partial charge in [-0.15, -0.1) is 11.3 Å². The molecule has 1 fully saturated rings. The number of pyridine rings is 1. The maximum atomic E-state index is 12.3. The summed E-state index contributed by atoms with van der Waals surface area (Å²) in [5.41, 5.74) is 0.746. The van der Waals surface area contributed by atoms with Crippen molar-refractivity contribution in [1.29, 1.82) is 0 Å². The van der Waals surface area contributed by atoms with E-state index in [9.17, 15) is 14.4 Å². The highest BCUT2D eigenvalue weighted by atomic mass is 35.5. The minimum absolute atomic E-state index is 0.111. The van der Waals surface area contributed by atoms with Gasteiger partial charge in [-0.2, -0.15) is 0 Å². The third kappa shape index (κ3) is 4.28. The second-order valence-electron chi connectivity index (χ2n) is 4.98. The topological polar surface area (TPSA) is 79.4 Å². The molecule has 0 unspecified atom stereocenters. The molecule has 1 aliphatic rings. The fraction of sp³-hybridized carbons (Fsp3) is 0.125. The number of carbonyl (C=O) groups excluding carboxylic acids is 3. The SMILES string of the molecule is O=C(NCCN1C(=O)S/C(=C/c2cccnc2)C1=O)c1ccc(Cl)s1. The first-order chi connectivity index (χ1) is 12.0. The lowest BCUT2D eigenvalue weighted by molar-refractivity contribution is -0.122. The van der Waals surface area contributed by atoms with Gasteiger partial charge in [-0.1, -0.05) is 17.7 Å². The van der Waals surface area contributed by atoms with Crippen LogP contribution in [-0.2, 0) is 4.79 Å². The third-order valence-electron chi connectivity index (χ3n) is 3.27. The minimum Gasteiger partial charge on any atom is -0.350 e. The Bertz CT molecular complexity index is 851. The molecular weight excluding hydrogens is 382 g/mol. The van der Waals surface area contributed by atoms with Crippen LogP contribution in [0.3, 0.4) is 0 Å². The molecule has 2 aromatic rings. The summed E-state index contributed by atoms with van der Waals surface area (Å²) in [6, 6.07) is 6.82. The number of imide groups is 1. The zero-order valence-electron chi connectivity index (χ0n) is 12.8. The molecule has 128 valence electrons. The molecule has 0 bridgehead atoms. The standard InChI is InChI=1S/C16H12ClN3O3S2/c17-13-4-3-11(24-13)14(21)19-6-7-20-15(22)12(25-16(20)23)8-10-2-1-5-18-9-10/h1-5,8-9H,6-7H2,(H,19,21)/b12-8+. The van der Waals surface area contributed by atoms with Crippen LogP contribution in [0.15, 0.2) is 41.6 Å². The van der Waals surface area contributed by atoms with Crippen LogP contribution in [0.5, 0.6) is 0 Å². The fourth-order valence-corrected chi connectivity index (χ4v) is 3.93. The largest absolute Gasteiger partial charge is 0.350 e. The van der Waals surface area contributed by atoms with Gasteiger partial charge < -0.3 is 5.32 Å². The number of halogens is 1. The Balaban J connectivity index is 1.58. The summed E-state index contributed by atoms with van der Waals surface area (Å²) in [4.78, 5) is 42.2. The lowest BCUT2D eigenvalue weighted by Crippen LogP contribution is -2.37. The summed E-state index contributed by atoms with van der Waals surface area (Å²) in [6.07, 6.45) is 4.87. The number of hydrogen-bond acceptors (Lipinski definition) is 6. The van der Waals surface area contributed by atoms with Crippen molar-refractivity contribution in [3.05, 3.63) is 56.3 Å². The Kier molecular flexibility index (Phi) is 5.52. The lowest BCUT2D eigenvalue weighted by Gasteiger charge is -2.12. The molecule has 3 heterocycles. The van der Waals surface area contributed by atoms with Crippen LogP contribution in [0.4, 0.5) is 4.79 Å². The molecule has 3 amide bonds. The zero-order chi connectivity index (χ0) is 17.8. The molecule has 0 spiro atoms. The summed E-state index contributed by atoms with van der Waals surface area (Å²) in [5, 5.41) is 2.32. The average molecular weight is 394 g/mol. The van der Waals surface area contributed by atoms with Crippen LogP contribution in [-0.4, -0.2) is 40.0 Å².